The van der Waals surface area contributed by atoms with Gasteiger partial charge in [-0.1, -0.05) is 41.9 Å². The van der Waals surface area contributed by atoms with Crippen LogP contribution in [0.5, 0.6) is 5.88 Å². The molecule has 0 radical (unpaired) electrons. The molecular weight excluding hydrogens is 366 g/mol. The van der Waals surface area contributed by atoms with E-state index in [2.05, 4.69) is 10.4 Å². The maximum absolute atomic E-state index is 12.4. The Bertz CT molecular complexity index is 912. The topological polar surface area (TPSA) is 65.4 Å². The van der Waals surface area contributed by atoms with Gasteiger partial charge in [0, 0.05) is 12.8 Å². The number of halogens is 1. The summed E-state index contributed by atoms with van der Waals surface area (Å²) in [5.41, 5.74) is 2.49. The van der Waals surface area contributed by atoms with Crippen molar-refractivity contribution in [3.05, 3.63) is 71.4 Å². The summed E-state index contributed by atoms with van der Waals surface area (Å²) in [5, 5.41) is 7.47. The molecule has 0 fully saturated rings. The molecule has 3 aromatic rings. The lowest BCUT2D eigenvalue weighted by molar-refractivity contribution is -0.122. The monoisotopic (exact) mass is 385 g/mol. The predicted molar refractivity (Wildman–Crippen MR) is 104 cm³/mol. The van der Waals surface area contributed by atoms with E-state index < -0.39 is 6.10 Å². The van der Waals surface area contributed by atoms with Gasteiger partial charge in [-0.25, -0.2) is 4.68 Å². The van der Waals surface area contributed by atoms with Crippen LogP contribution in [-0.4, -0.2) is 28.9 Å². The van der Waals surface area contributed by atoms with Crippen molar-refractivity contribution in [2.75, 3.05) is 12.4 Å². The van der Waals surface area contributed by atoms with Crippen LogP contribution in [0.15, 0.2) is 60.8 Å². The largest absolute Gasteiger partial charge is 0.462 e. The summed E-state index contributed by atoms with van der Waals surface area (Å²) in [6.07, 6.45) is 0.873. The fourth-order valence-corrected chi connectivity index (χ4v) is 2.68. The molecule has 0 unspecified atom stereocenters. The molecule has 0 aliphatic rings. The molecule has 1 amide bonds. The first-order chi connectivity index (χ1) is 13.1. The average molecular weight is 386 g/mol. The van der Waals surface area contributed by atoms with Crippen molar-refractivity contribution >= 4 is 23.2 Å². The highest BCUT2D eigenvalue weighted by Gasteiger charge is 2.19. The smallest absolute Gasteiger partial charge is 0.265 e. The van der Waals surface area contributed by atoms with E-state index in [0.29, 0.717) is 17.3 Å². The molecule has 0 bridgehead atoms. The third kappa shape index (κ3) is 4.87. The van der Waals surface area contributed by atoms with E-state index in [9.17, 15) is 4.79 Å². The Morgan fingerprint density at radius 1 is 1.22 bits per heavy atom. The molecule has 7 heteroatoms. The van der Waals surface area contributed by atoms with Crippen LogP contribution in [0.25, 0.3) is 5.69 Å². The third-order valence-corrected chi connectivity index (χ3v) is 4.08. The molecule has 0 saturated carbocycles. The van der Waals surface area contributed by atoms with Crippen molar-refractivity contribution in [1.29, 1.82) is 0 Å². The molecule has 1 heterocycles. The first kappa shape index (κ1) is 18.9. The van der Waals surface area contributed by atoms with Gasteiger partial charge in [-0.3, -0.25) is 4.79 Å². The number of hydrogen-bond donors (Lipinski definition) is 1. The van der Waals surface area contributed by atoms with Crippen LogP contribution in [0.2, 0.25) is 5.02 Å². The Balaban J connectivity index is 1.66. The van der Waals surface area contributed by atoms with Gasteiger partial charge in [0.15, 0.2) is 6.10 Å². The van der Waals surface area contributed by atoms with Crippen LogP contribution < -0.4 is 10.1 Å². The number of benzene rings is 2. The van der Waals surface area contributed by atoms with Gasteiger partial charge < -0.3 is 14.8 Å². The number of anilines is 1. The molecule has 27 heavy (non-hydrogen) atoms. The van der Waals surface area contributed by atoms with Gasteiger partial charge in [-0.15, -0.1) is 5.10 Å². The lowest BCUT2D eigenvalue weighted by atomic mass is 10.2. The second-order valence-electron chi connectivity index (χ2n) is 5.95. The molecule has 1 atom stereocenters. The van der Waals surface area contributed by atoms with E-state index in [1.807, 2.05) is 48.5 Å². The van der Waals surface area contributed by atoms with E-state index in [0.717, 1.165) is 11.3 Å². The molecule has 0 saturated heterocycles. The van der Waals surface area contributed by atoms with Gasteiger partial charge in [-0.05, 0) is 36.8 Å². The summed E-state index contributed by atoms with van der Waals surface area (Å²) in [6, 6.07) is 17.0. The fourth-order valence-electron chi connectivity index (χ4n) is 2.50. The first-order valence-corrected chi connectivity index (χ1v) is 8.80. The molecular formula is C20H20ClN3O3. The van der Waals surface area contributed by atoms with Crippen molar-refractivity contribution in [3.63, 3.8) is 0 Å². The number of nitrogens with one attached hydrogen (secondary N) is 1. The molecule has 0 spiro atoms. The Kier molecular flexibility index (Phi) is 6.11. The van der Waals surface area contributed by atoms with Crippen molar-refractivity contribution in [1.82, 2.24) is 9.78 Å². The molecule has 6 nitrogen and oxygen atoms in total. The number of methoxy groups -OCH3 is 1. The summed E-state index contributed by atoms with van der Waals surface area (Å²) in [7, 11) is 1.62. The maximum atomic E-state index is 12.4. The number of nitrogens with zero attached hydrogens (tertiary/aromatic N) is 2. The van der Waals surface area contributed by atoms with Crippen LogP contribution in [0.4, 0.5) is 5.69 Å². The summed E-state index contributed by atoms with van der Waals surface area (Å²) >= 11 is 6.21. The summed E-state index contributed by atoms with van der Waals surface area (Å²) in [5.74, 6) is -0.0915. The molecule has 140 valence electrons. The zero-order valence-corrected chi connectivity index (χ0v) is 15.8. The van der Waals surface area contributed by atoms with Crippen molar-refractivity contribution < 1.29 is 14.3 Å². The normalized spacial score (nSPS) is 11.8. The molecule has 1 N–H and O–H groups in total. The van der Waals surface area contributed by atoms with Crippen LogP contribution in [0.1, 0.15) is 12.5 Å². The van der Waals surface area contributed by atoms with E-state index in [-0.39, 0.29) is 11.8 Å². The molecule has 2 aromatic carbocycles. The number of rotatable bonds is 7. The Morgan fingerprint density at radius 2 is 2.00 bits per heavy atom. The van der Waals surface area contributed by atoms with Gasteiger partial charge in [0.1, 0.15) is 5.02 Å². The molecule has 3 rings (SSSR count). The van der Waals surface area contributed by atoms with Gasteiger partial charge >= 0.3 is 0 Å². The lowest BCUT2D eigenvalue weighted by Crippen LogP contribution is -2.30. The van der Waals surface area contributed by atoms with Gasteiger partial charge in [-0.2, -0.15) is 0 Å². The quantitative estimate of drug-likeness (QED) is 0.665. The van der Waals surface area contributed by atoms with Gasteiger partial charge in [0.25, 0.3) is 11.8 Å². The highest BCUT2D eigenvalue weighted by molar-refractivity contribution is 6.31. The van der Waals surface area contributed by atoms with Crippen LogP contribution in [-0.2, 0) is 16.1 Å². The molecule has 0 aliphatic carbocycles. The summed E-state index contributed by atoms with van der Waals surface area (Å²) in [6.45, 7) is 2.12. The molecule has 0 aliphatic heterocycles. The highest BCUT2D eigenvalue weighted by atomic mass is 35.5. The third-order valence-electron chi connectivity index (χ3n) is 3.82. The standard InChI is InChI=1S/C20H20ClN3O3/c1-14(19(25)22-16-8-6-7-15(11-16)13-26-2)27-20-18(21)12-24(23-20)17-9-4-3-5-10-17/h3-12,14H,13H2,1-2H3,(H,22,25)/t14-/m1/s1. The van der Waals surface area contributed by atoms with E-state index >= 15 is 0 Å². The number of amides is 1. The number of carbonyl (C=O) groups excluding carboxylic acids is 1. The minimum absolute atomic E-state index is 0.205. The fraction of sp³-hybridized carbons (Fsp3) is 0.200. The first-order valence-electron chi connectivity index (χ1n) is 8.43. The average Bonchev–Trinajstić information content (AvgIpc) is 3.03. The number of para-hydroxylation sites is 1. The zero-order valence-electron chi connectivity index (χ0n) is 15.1. The zero-order chi connectivity index (χ0) is 19.2. The number of aromatic nitrogens is 2. The van der Waals surface area contributed by atoms with Crippen molar-refractivity contribution in [3.8, 4) is 11.6 Å². The highest BCUT2D eigenvalue weighted by Crippen LogP contribution is 2.25. The minimum Gasteiger partial charge on any atom is -0.462 e. The van der Waals surface area contributed by atoms with Crippen molar-refractivity contribution in [2.24, 2.45) is 0 Å². The second-order valence-corrected chi connectivity index (χ2v) is 6.35. The second kappa shape index (κ2) is 8.70. The van der Waals surface area contributed by atoms with Gasteiger partial charge in [0.2, 0.25) is 0 Å². The van der Waals surface area contributed by atoms with E-state index in [4.69, 9.17) is 21.1 Å². The Morgan fingerprint density at radius 3 is 2.74 bits per heavy atom. The Hall–Kier alpha value is -2.83. The number of ether oxygens (including phenoxy) is 2. The van der Waals surface area contributed by atoms with Crippen molar-refractivity contribution in [2.45, 2.75) is 19.6 Å². The molecule has 1 aromatic heterocycles. The number of carbonyl (C=O) groups is 1. The SMILES string of the molecule is COCc1cccc(NC(=O)[C@@H](C)Oc2nn(-c3ccccc3)cc2Cl)c1. The van der Waals surface area contributed by atoms with Gasteiger partial charge in [0.05, 0.1) is 18.5 Å². The van der Waals surface area contributed by atoms with Crippen LogP contribution >= 0.6 is 11.6 Å². The van der Waals surface area contributed by atoms with E-state index in [1.165, 1.54) is 0 Å². The van der Waals surface area contributed by atoms with Crippen LogP contribution in [0, 0.1) is 0 Å². The van der Waals surface area contributed by atoms with Crippen LogP contribution in [0.3, 0.4) is 0 Å². The number of hydrogen-bond acceptors (Lipinski definition) is 4. The lowest BCUT2D eigenvalue weighted by Gasteiger charge is -2.14. The Labute approximate surface area is 162 Å². The minimum atomic E-state index is -0.771. The van der Waals surface area contributed by atoms with E-state index in [1.54, 1.807) is 31.0 Å². The summed E-state index contributed by atoms with van der Waals surface area (Å²) < 4.78 is 12.4. The summed E-state index contributed by atoms with van der Waals surface area (Å²) in [4.78, 5) is 12.4. The predicted octanol–water partition coefficient (Wildman–Crippen LogP) is 4.08. The maximum Gasteiger partial charge on any atom is 0.265 e.